The Bertz CT molecular complexity index is 457. The van der Waals surface area contributed by atoms with Gasteiger partial charge in [-0.1, -0.05) is 5.98 Å². The van der Waals surface area contributed by atoms with Gasteiger partial charge in [-0.3, -0.25) is 14.5 Å². The van der Waals surface area contributed by atoms with E-state index in [0.29, 0.717) is 0 Å². The SMILES string of the molecule is CN1CC(=O)OB(C=CB2OC(C)(C)C(C)(C)O2)OC(=O)C1. The van der Waals surface area contributed by atoms with Gasteiger partial charge in [0.15, 0.2) is 0 Å². The normalized spacial score (nSPS) is 25.9. The minimum absolute atomic E-state index is 0.0376. The number of hydrogen-bond donors (Lipinski definition) is 0. The van der Waals surface area contributed by atoms with Crippen molar-refractivity contribution in [2.24, 2.45) is 0 Å². The molecule has 0 spiro atoms. The van der Waals surface area contributed by atoms with Gasteiger partial charge in [-0.15, -0.1) is 0 Å². The summed E-state index contributed by atoms with van der Waals surface area (Å²) in [5.41, 5.74) is -0.919. The van der Waals surface area contributed by atoms with Gasteiger partial charge in [0.1, 0.15) is 0 Å². The molecule has 0 radical (unpaired) electrons. The summed E-state index contributed by atoms with van der Waals surface area (Å²) < 4.78 is 21.7. The lowest BCUT2D eigenvalue weighted by Gasteiger charge is -2.32. The van der Waals surface area contributed by atoms with Crippen LogP contribution in [-0.4, -0.2) is 62.4 Å². The maximum atomic E-state index is 11.6. The molecule has 0 aromatic carbocycles. The molecule has 0 saturated carbocycles. The molecule has 2 saturated heterocycles. The molecule has 120 valence electrons. The first-order valence-corrected chi connectivity index (χ1v) is 7.20. The first kappa shape index (κ1) is 17.1. The van der Waals surface area contributed by atoms with Crippen LogP contribution in [0.15, 0.2) is 12.0 Å². The molecule has 0 amide bonds. The fourth-order valence-electron chi connectivity index (χ4n) is 2.08. The van der Waals surface area contributed by atoms with E-state index in [1.54, 1.807) is 13.0 Å². The van der Waals surface area contributed by atoms with Crippen LogP contribution in [0.5, 0.6) is 0 Å². The average molecular weight is 309 g/mol. The fraction of sp³-hybridized carbons (Fsp3) is 0.692. The van der Waals surface area contributed by atoms with Crippen molar-refractivity contribution < 1.29 is 28.2 Å². The largest absolute Gasteiger partial charge is 0.627 e. The Balaban J connectivity index is 2.00. The molecule has 0 atom stereocenters. The van der Waals surface area contributed by atoms with Crippen molar-refractivity contribution in [3.8, 4) is 0 Å². The van der Waals surface area contributed by atoms with E-state index in [1.807, 2.05) is 27.7 Å². The van der Waals surface area contributed by atoms with Gasteiger partial charge in [-0.25, -0.2) is 0 Å². The van der Waals surface area contributed by atoms with Crippen LogP contribution in [0.1, 0.15) is 27.7 Å². The number of hydrogen-bond acceptors (Lipinski definition) is 7. The molecular formula is C13H21B2NO6. The van der Waals surface area contributed by atoms with Gasteiger partial charge >= 0.3 is 26.2 Å². The number of nitrogens with zero attached hydrogens (tertiary/aromatic N) is 1. The quantitative estimate of drug-likeness (QED) is 0.676. The predicted molar refractivity (Wildman–Crippen MR) is 80.7 cm³/mol. The molecule has 2 rings (SSSR count). The van der Waals surface area contributed by atoms with Gasteiger partial charge in [0.2, 0.25) is 0 Å². The van der Waals surface area contributed by atoms with Crippen LogP contribution in [0.25, 0.3) is 0 Å². The second kappa shape index (κ2) is 6.06. The smallest absolute Gasteiger partial charge is 0.495 e. The summed E-state index contributed by atoms with van der Waals surface area (Å²) in [4.78, 5) is 24.8. The first-order chi connectivity index (χ1) is 10.1. The Morgan fingerprint density at radius 3 is 1.77 bits per heavy atom. The van der Waals surface area contributed by atoms with Gasteiger partial charge in [-0.05, 0) is 40.7 Å². The number of carbonyl (C=O) groups excluding carboxylic acids is 2. The zero-order valence-corrected chi connectivity index (χ0v) is 13.6. The van der Waals surface area contributed by atoms with E-state index in [2.05, 4.69) is 0 Å². The second-order valence-corrected chi connectivity index (χ2v) is 6.53. The van der Waals surface area contributed by atoms with E-state index < -0.39 is 37.4 Å². The summed E-state index contributed by atoms with van der Waals surface area (Å²) in [6.45, 7) is 7.82. The Morgan fingerprint density at radius 1 is 0.909 bits per heavy atom. The minimum Gasteiger partial charge on any atom is -0.495 e. The van der Waals surface area contributed by atoms with Crippen LogP contribution in [-0.2, 0) is 28.2 Å². The molecular weight excluding hydrogens is 288 g/mol. The van der Waals surface area contributed by atoms with Gasteiger partial charge in [0.05, 0.1) is 24.3 Å². The highest BCUT2D eigenvalue weighted by Gasteiger charge is 2.50. The van der Waals surface area contributed by atoms with Crippen LogP contribution >= 0.6 is 0 Å². The third-order valence-corrected chi connectivity index (χ3v) is 3.99. The Labute approximate surface area is 131 Å². The highest BCUT2D eigenvalue weighted by molar-refractivity contribution is 6.59. The molecule has 0 aromatic heterocycles. The van der Waals surface area contributed by atoms with Crippen LogP contribution in [0.2, 0.25) is 0 Å². The average Bonchev–Trinajstić information content (AvgIpc) is 2.52. The Morgan fingerprint density at radius 2 is 1.32 bits per heavy atom. The molecule has 9 heteroatoms. The molecule has 2 heterocycles. The topological polar surface area (TPSA) is 74.3 Å². The van der Waals surface area contributed by atoms with E-state index in [1.165, 1.54) is 10.9 Å². The number of carbonyl (C=O) groups is 2. The van der Waals surface area contributed by atoms with Gasteiger partial charge in [0, 0.05) is 0 Å². The molecule has 0 bridgehead atoms. The lowest BCUT2D eigenvalue weighted by atomic mass is 9.80. The van der Waals surface area contributed by atoms with E-state index in [9.17, 15) is 9.59 Å². The monoisotopic (exact) mass is 309 g/mol. The summed E-state index contributed by atoms with van der Waals surface area (Å²) in [6.07, 6.45) is 0. The Kier molecular flexibility index (Phi) is 4.70. The minimum atomic E-state index is -1.06. The van der Waals surface area contributed by atoms with E-state index in [4.69, 9.17) is 18.6 Å². The highest BCUT2D eigenvalue weighted by Crippen LogP contribution is 2.36. The zero-order chi connectivity index (χ0) is 16.5. The van der Waals surface area contributed by atoms with Gasteiger partial charge in [0.25, 0.3) is 0 Å². The van der Waals surface area contributed by atoms with Crippen LogP contribution in [0.4, 0.5) is 0 Å². The second-order valence-electron chi connectivity index (χ2n) is 6.53. The van der Waals surface area contributed by atoms with E-state index >= 15 is 0 Å². The van der Waals surface area contributed by atoms with Crippen molar-refractivity contribution in [3.63, 3.8) is 0 Å². The van der Waals surface area contributed by atoms with Crippen molar-refractivity contribution in [1.29, 1.82) is 0 Å². The van der Waals surface area contributed by atoms with Gasteiger partial charge in [-0.2, -0.15) is 0 Å². The molecule has 2 fully saturated rings. The lowest BCUT2D eigenvalue weighted by Crippen LogP contribution is -2.42. The van der Waals surface area contributed by atoms with Gasteiger partial charge < -0.3 is 18.6 Å². The molecule has 2 aliphatic rings. The molecule has 0 unspecified atom stereocenters. The number of rotatable bonds is 2. The van der Waals surface area contributed by atoms with Crippen molar-refractivity contribution in [1.82, 2.24) is 4.90 Å². The predicted octanol–water partition coefficient (Wildman–Crippen LogP) is 0.233. The van der Waals surface area contributed by atoms with Crippen LogP contribution in [0, 0.1) is 0 Å². The molecule has 2 aliphatic heterocycles. The summed E-state index contributed by atoms with van der Waals surface area (Å²) >= 11 is 0. The first-order valence-electron chi connectivity index (χ1n) is 7.20. The third-order valence-electron chi connectivity index (χ3n) is 3.99. The van der Waals surface area contributed by atoms with E-state index in [0.717, 1.165) is 0 Å². The molecule has 0 aromatic rings. The summed E-state index contributed by atoms with van der Waals surface area (Å²) in [6, 6.07) is 0. The summed E-state index contributed by atoms with van der Waals surface area (Å²) in [7, 11) is -0.00785. The lowest BCUT2D eigenvalue weighted by molar-refractivity contribution is -0.145. The number of likely N-dealkylation sites (N-methyl/N-ethyl adjacent to an activating group) is 1. The molecule has 0 aliphatic carbocycles. The third kappa shape index (κ3) is 3.91. The van der Waals surface area contributed by atoms with Crippen molar-refractivity contribution in [3.05, 3.63) is 12.0 Å². The van der Waals surface area contributed by atoms with Crippen LogP contribution in [0.3, 0.4) is 0 Å². The van der Waals surface area contributed by atoms with Crippen LogP contribution < -0.4 is 0 Å². The fourth-order valence-corrected chi connectivity index (χ4v) is 2.08. The van der Waals surface area contributed by atoms with Crippen molar-refractivity contribution in [2.45, 2.75) is 38.9 Å². The standard InChI is InChI=1S/C13H21B2NO6/c1-12(2)13(3,4)22-15(21-12)7-6-14-19-10(17)8-16(5)9-11(18)20-14/h6-7H,8-9H2,1-5H3. The molecule has 7 nitrogen and oxygen atoms in total. The zero-order valence-electron chi connectivity index (χ0n) is 13.6. The van der Waals surface area contributed by atoms with E-state index in [-0.39, 0.29) is 13.1 Å². The maximum Gasteiger partial charge on any atom is 0.627 e. The van der Waals surface area contributed by atoms with Crippen molar-refractivity contribution in [2.75, 3.05) is 20.1 Å². The Hall–Kier alpha value is -1.31. The van der Waals surface area contributed by atoms with Crippen molar-refractivity contribution >= 4 is 26.2 Å². The molecule has 0 N–H and O–H groups in total. The maximum absolute atomic E-state index is 11.6. The summed E-state index contributed by atoms with van der Waals surface area (Å²) in [5.74, 6) is 2.13. The summed E-state index contributed by atoms with van der Waals surface area (Å²) in [5, 5.41) is 0. The molecule has 22 heavy (non-hydrogen) atoms. The highest BCUT2D eigenvalue weighted by atomic mass is 16.7.